The standard InChI is InChI=1S/C11H14N4S/c1-8-11(16-7-14-8)10(15-12)6-9-2-4-13-5-3-9/h2-5,7,10,15H,6,12H2,1H3. The van der Waals surface area contributed by atoms with Gasteiger partial charge in [0.15, 0.2) is 0 Å². The third kappa shape index (κ3) is 2.44. The van der Waals surface area contributed by atoms with E-state index in [0.29, 0.717) is 0 Å². The molecule has 16 heavy (non-hydrogen) atoms. The van der Waals surface area contributed by atoms with Gasteiger partial charge in [-0.1, -0.05) is 0 Å². The van der Waals surface area contributed by atoms with Crippen LogP contribution in [0.2, 0.25) is 0 Å². The largest absolute Gasteiger partial charge is 0.271 e. The van der Waals surface area contributed by atoms with E-state index in [1.807, 2.05) is 24.6 Å². The van der Waals surface area contributed by atoms with Gasteiger partial charge in [-0.2, -0.15) is 0 Å². The summed E-state index contributed by atoms with van der Waals surface area (Å²) in [5.74, 6) is 5.59. The molecule has 84 valence electrons. The van der Waals surface area contributed by atoms with Crippen molar-refractivity contribution in [1.29, 1.82) is 0 Å². The predicted molar refractivity (Wildman–Crippen MR) is 64.9 cm³/mol. The molecule has 2 aromatic rings. The summed E-state index contributed by atoms with van der Waals surface area (Å²) in [4.78, 5) is 9.43. The van der Waals surface area contributed by atoms with Gasteiger partial charge in [0.1, 0.15) is 0 Å². The Balaban J connectivity index is 2.16. The highest BCUT2D eigenvalue weighted by Gasteiger charge is 2.14. The molecule has 4 nitrogen and oxygen atoms in total. The average Bonchev–Trinajstić information content (AvgIpc) is 2.74. The molecule has 3 N–H and O–H groups in total. The van der Waals surface area contributed by atoms with Crippen molar-refractivity contribution in [2.45, 2.75) is 19.4 Å². The Bertz CT molecular complexity index is 440. The lowest BCUT2D eigenvalue weighted by atomic mass is 10.1. The molecule has 0 saturated heterocycles. The second-order valence-corrected chi connectivity index (χ2v) is 4.47. The monoisotopic (exact) mass is 234 g/mol. The van der Waals surface area contributed by atoms with Crippen LogP contribution in [0.1, 0.15) is 22.2 Å². The zero-order valence-electron chi connectivity index (χ0n) is 9.05. The first kappa shape index (κ1) is 11.2. The summed E-state index contributed by atoms with van der Waals surface area (Å²) in [5, 5.41) is 0. The highest BCUT2D eigenvalue weighted by atomic mass is 32.1. The fourth-order valence-corrected chi connectivity index (χ4v) is 2.49. The van der Waals surface area contributed by atoms with Gasteiger partial charge in [-0.15, -0.1) is 11.3 Å². The second kappa shape index (κ2) is 5.16. The predicted octanol–water partition coefficient (Wildman–Crippen LogP) is 1.59. The summed E-state index contributed by atoms with van der Waals surface area (Å²) in [6.45, 7) is 2.00. The van der Waals surface area contributed by atoms with Crippen molar-refractivity contribution in [1.82, 2.24) is 15.4 Å². The Morgan fingerprint density at radius 3 is 2.75 bits per heavy atom. The van der Waals surface area contributed by atoms with Crippen molar-refractivity contribution in [2.75, 3.05) is 0 Å². The van der Waals surface area contributed by atoms with Gasteiger partial charge in [-0.3, -0.25) is 16.3 Å². The first-order valence-corrected chi connectivity index (χ1v) is 5.94. The lowest BCUT2D eigenvalue weighted by molar-refractivity contribution is 0.557. The van der Waals surface area contributed by atoms with E-state index >= 15 is 0 Å². The van der Waals surface area contributed by atoms with Gasteiger partial charge in [0, 0.05) is 17.3 Å². The van der Waals surface area contributed by atoms with E-state index in [9.17, 15) is 0 Å². The van der Waals surface area contributed by atoms with Crippen molar-refractivity contribution in [3.05, 3.63) is 46.2 Å². The summed E-state index contributed by atoms with van der Waals surface area (Å²) < 4.78 is 0. The number of thiazole rings is 1. The molecule has 5 heteroatoms. The fraction of sp³-hybridized carbons (Fsp3) is 0.273. The highest BCUT2D eigenvalue weighted by Crippen LogP contribution is 2.24. The van der Waals surface area contributed by atoms with E-state index < -0.39 is 0 Å². The topological polar surface area (TPSA) is 63.8 Å². The Labute approximate surface area is 98.5 Å². The van der Waals surface area contributed by atoms with Gasteiger partial charge in [0.2, 0.25) is 0 Å². The number of rotatable bonds is 4. The molecule has 0 aliphatic carbocycles. The van der Waals surface area contributed by atoms with Crippen LogP contribution in [0.5, 0.6) is 0 Å². The van der Waals surface area contributed by atoms with Gasteiger partial charge >= 0.3 is 0 Å². The molecule has 0 saturated carbocycles. The van der Waals surface area contributed by atoms with Crippen LogP contribution >= 0.6 is 11.3 Å². The minimum absolute atomic E-state index is 0.120. The minimum Gasteiger partial charge on any atom is -0.271 e. The quantitative estimate of drug-likeness (QED) is 0.623. The molecule has 0 aliphatic rings. The first-order chi connectivity index (χ1) is 7.81. The number of pyridine rings is 1. The number of aromatic nitrogens is 2. The fourth-order valence-electron chi connectivity index (χ4n) is 1.63. The van der Waals surface area contributed by atoms with Crippen LogP contribution in [0.3, 0.4) is 0 Å². The lowest BCUT2D eigenvalue weighted by Gasteiger charge is -2.14. The number of hydrogen-bond donors (Lipinski definition) is 2. The van der Waals surface area contributed by atoms with Crippen LogP contribution < -0.4 is 11.3 Å². The molecular weight excluding hydrogens is 220 g/mol. The van der Waals surface area contributed by atoms with Crippen molar-refractivity contribution in [3.8, 4) is 0 Å². The molecule has 0 fully saturated rings. The van der Waals surface area contributed by atoms with Crippen LogP contribution in [0, 0.1) is 6.92 Å². The molecule has 2 heterocycles. The Kier molecular flexibility index (Phi) is 3.61. The maximum Gasteiger partial charge on any atom is 0.0798 e. The molecule has 2 aromatic heterocycles. The molecule has 0 aliphatic heterocycles. The van der Waals surface area contributed by atoms with E-state index in [1.165, 1.54) is 10.4 Å². The lowest BCUT2D eigenvalue weighted by Crippen LogP contribution is -2.29. The molecule has 0 amide bonds. The van der Waals surface area contributed by atoms with Gasteiger partial charge in [-0.05, 0) is 31.0 Å². The summed E-state index contributed by atoms with van der Waals surface area (Å²) in [7, 11) is 0. The van der Waals surface area contributed by atoms with Crippen molar-refractivity contribution < 1.29 is 0 Å². The zero-order chi connectivity index (χ0) is 11.4. The van der Waals surface area contributed by atoms with Gasteiger partial charge in [0.05, 0.1) is 17.2 Å². The van der Waals surface area contributed by atoms with Gasteiger partial charge in [0.25, 0.3) is 0 Å². The van der Waals surface area contributed by atoms with Gasteiger partial charge < -0.3 is 0 Å². The summed E-state index contributed by atoms with van der Waals surface area (Å²) in [6.07, 6.45) is 4.44. The van der Waals surface area contributed by atoms with E-state index in [1.54, 1.807) is 23.7 Å². The van der Waals surface area contributed by atoms with E-state index in [-0.39, 0.29) is 6.04 Å². The van der Waals surface area contributed by atoms with Crippen LogP contribution in [0.15, 0.2) is 30.0 Å². The molecule has 1 unspecified atom stereocenters. The average molecular weight is 234 g/mol. The smallest absolute Gasteiger partial charge is 0.0798 e. The van der Waals surface area contributed by atoms with E-state index in [4.69, 9.17) is 5.84 Å². The van der Waals surface area contributed by atoms with Crippen LogP contribution in [-0.2, 0) is 6.42 Å². The number of nitrogens with one attached hydrogen (secondary N) is 1. The molecular formula is C11H14N4S. The van der Waals surface area contributed by atoms with E-state index in [0.717, 1.165) is 12.1 Å². The summed E-state index contributed by atoms with van der Waals surface area (Å²) in [5.41, 5.74) is 6.95. The van der Waals surface area contributed by atoms with Crippen LogP contribution in [0.25, 0.3) is 0 Å². The Morgan fingerprint density at radius 1 is 1.44 bits per heavy atom. The number of aryl methyl sites for hydroxylation is 1. The number of nitrogens with two attached hydrogens (primary N) is 1. The van der Waals surface area contributed by atoms with E-state index in [2.05, 4.69) is 15.4 Å². The Hall–Kier alpha value is -1.30. The van der Waals surface area contributed by atoms with Crippen molar-refractivity contribution >= 4 is 11.3 Å². The second-order valence-electron chi connectivity index (χ2n) is 3.58. The van der Waals surface area contributed by atoms with Crippen molar-refractivity contribution in [2.24, 2.45) is 5.84 Å². The normalized spacial score (nSPS) is 12.6. The molecule has 0 spiro atoms. The third-order valence-electron chi connectivity index (χ3n) is 2.49. The molecule has 0 aromatic carbocycles. The van der Waals surface area contributed by atoms with Crippen LogP contribution in [-0.4, -0.2) is 9.97 Å². The number of hydrogen-bond acceptors (Lipinski definition) is 5. The van der Waals surface area contributed by atoms with Gasteiger partial charge in [-0.25, -0.2) is 4.98 Å². The first-order valence-electron chi connectivity index (χ1n) is 5.06. The zero-order valence-corrected chi connectivity index (χ0v) is 9.87. The van der Waals surface area contributed by atoms with Crippen molar-refractivity contribution in [3.63, 3.8) is 0 Å². The highest BCUT2D eigenvalue weighted by molar-refractivity contribution is 7.09. The van der Waals surface area contributed by atoms with Crippen LogP contribution in [0.4, 0.5) is 0 Å². The summed E-state index contributed by atoms with van der Waals surface area (Å²) in [6, 6.07) is 4.12. The molecule has 2 rings (SSSR count). The molecule has 0 radical (unpaired) electrons. The Morgan fingerprint density at radius 2 is 2.19 bits per heavy atom. The maximum absolute atomic E-state index is 5.59. The third-order valence-corrected chi connectivity index (χ3v) is 3.53. The number of hydrazine groups is 1. The minimum atomic E-state index is 0.120. The maximum atomic E-state index is 5.59. The molecule has 1 atom stereocenters. The number of nitrogens with zero attached hydrogens (tertiary/aromatic N) is 2. The SMILES string of the molecule is Cc1ncsc1C(Cc1ccncc1)NN. The summed E-state index contributed by atoms with van der Waals surface area (Å²) >= 11 is 1.63. The molecule has 0 bridgehead atoms.